The third kappa shape index (κ3) is 5.57. The zero-order valence-corrected chi connectivity index (χ0v) is 12.7. The summed E-state index contributed by atoms with van der Waals surface area (Å²) in [5.74, 6) is -1.06. The lowest BCUT2D eigenvalue weighted by atomic mass is 10.3. The van der Waals surface area contributed by atoms with E-state index >= 15 is 0 Å². The van der Waals surface area contributed by atoms with E-state index in [0.717, 1.165) is 10.6 Å². The Hall–Kier alpha value is -1.61. The van der Waals surface area contributed by atoms with E-state index in [1.807, 2.05) is 0 Å². The number of primary amides is 1. The smallest absolute Gasteiger partial charge is 0.325 e. The molecule has 0 aromatic carbocycles. The lowest BCUT2D eigenvalue weighted by molar-refractivity contribution is -0.140. The summed E-state index contributed by atoms with van der Waals surface area (Å²) in [4.78, 5) is 38.2. The van der Waals surface area contributed by atoms with Gasteiger partial charge in [0.1, 0.15) is 6.54 Å². The predicted molar refractivity (Wildman–Crippen MR) is 75.5 cm³/mol. The maximum atomic E-state index is 11.5. The molecule has 3 N–H and O–H groups in total. The molecule has 0 aliphatic rings. The lowest BCUT2D eigenvalue weighted by Crippen LogP contribution is -2.31. The lowest BCUT2D eigenvalue weighted by Gasteiger charge is -2.02. The van der Waals surface area contributed by atoms with Gasteiger partial charge in [-0.2, -0.15) is 0 Å². The minimum Gasteiger partial charge on any atom is -0.468 e. The monoisotopic (exact) mass is 317 g/mol. The third-order valence-corrected chi connectivity index (χ3v) is 4.49. The minimum atomic E-state index is -0.503. The molecule has 0 saturated carbocycles. The number of carbonyl (C=O) groups is 3. The molecule has 0 saturated heterocycles. The highest BCUT2D eigenvalue weighted by Gasteiger charge is 2.12. The van der Waals surface area contributed by atoms with Crippen LogP contribution in [0.25, 0.3) is 0 Å². The SMILES string of the molecule is COC(=O)CNC(=O)CSc1nc(C)c(CC(N)=O)s1. The molecule has 0 spiro atoms. The first kappa shape index (κ1) is 16.4. The van der Waals surface area contributed by atoms with Gasteiger partial charge < -0.3 is 15.8 Å². The van der Waals surface area contributed by atoms with E-state index < -0.39 is 11.9 Å². The van der Waals surface area contributed by atoms with Crippen LogP contribution >= 0.6 is 23.1 Å². The number of nitrogens with two attached hydrogens (primary N) is 1. The average Bonchev–Trinajstić information content (AvgIpc) is 2.73. The number of amides is 2. The van der Waals surface area contributed by atoms with E-state index in [-0.39, 0.29) is 24.6 Å². The van der Waals surface area contributed by atoms with Crippen LogP contribution in [0.5, 0.6) is 0 Å². The van der Waals surface area contributed by atoms with Crippen molar-refractivity contribution in [2.75, 3.05) is 19.4 Å². The van der Waals surface area contributed by atoms with Gasteiger partial charge in [-0.3, -0.25) is 14.4 Å². The Bertz CT molecular complexity index is 516. The second kappa shape index (κ2) is 7.85. The fourth-order valence-electron chi connectivity index (χ4n) is 1.21. The number of aryl methyl sites for hydroxylation is 1. The van der Waals surface area contributed by atoms with Gasteiger partial charge >= 0.3 is 5.97 Å². The molecule has 110 valence electrons. The highest BCUT2D eigenvalue weighted by molar-refractivity contribution is 8.01. The van der Waals surface area contributed by atoms with Gasteiger partial charge in [-0.15, -0.1) is 11.3 Å². The summed E-state index contributed by atoms with van der Waals surface area (Å²) in [6.45, 7) is 1.63. The molecule has 7 nitrogen and oxygen atoms in total. The van der Waals surface area contributed by atoms with Gasteiger partial charge in [-0.1, -0.05) is 11.8 Å². The molecule has 0 unspecified atom stereocenters. The molecule has 0 bridgehead atoms. The van der Waals surface area contributed by atoms with Crippen LogP contribution in [-0.4, -0.2) is 42.2 Å². The molecule has 0 atom stereocenters. The number of aromatic nitrogens is 1. The summed E-state index contributed by atoms with van der Waals surface area (Å²) >= 11 is 2.58. The highest BCUT2D eigenvalue weighted by Crippen LogP contribution is 2.27. The van der Waals surface area contributed by atoms with Crippen LogP contribution < -0.4 is 11.1 Å². The molecule has 2 amide bonds. The molecule has 1 rings (SSSR count). The van der Waals surface area contributed by atoms with E-state index in [1.165, 1.54) is 30.2 Å². The van der Waals surface area contributed by atoms with Gasteiger partial charge in [0, 0.05) is 4.88 Å². The molecule has 1 heterocycles. The number of esters is 1. The Kier molecular flexibility index (Phi) is 6.46. The van der Waals surface area contributed by atoms with Crippen molar-refractivity contribution in [3.63, 3.8) is 0 Å². The van der Waals surface area contributed by atoms with Crippen molar-refractivity contribution < 1.29 is 19.1 Å². The van der Waals surface area contributed by atoms with Crippen molar-refractivity contribution in [1.82, 2.24) is 10.3 Å². The number of hydrogen-bond acceptors (Lipinski definition) is 7. The van der Waals surface area contributed by atoms with Crippen LogP contribution in [0.2, 0.25) is 0 Å². The van der Waals surface area contributed by atoms with Gasteiger partial charge in [0.15, 0.2) is 4.34 Å². The summed E-state index contributed by atoms with van der Waals surface area (Å²) < 4.78 is 5.09. The molecule has 0 fully saturated rings. The molecule has 9 heteroatoms. The summed E-state index contributed by atoms with van der Waals surface area (Å²) in [7, 11) is 1.25. The van der Waals surface area contributed by atoms with Gasteiger partial charge in [0.2, 0.25) is 11.8 Å². The fraction of sp³-hybridized carbons (Fsp3) is 0.455. The van der Waals surface area contributed by atoms with Crippen LogP contribution in [-0.2, 0) is 25.5 Å². The molecule has 0 aliphatic heterocycles. The van der Waals surface area contributed by atoms with Crippen molar-refractivity contribution >= 4 is 40.9 Å². The third-order valence-electron chi connectivity index (χ3n) is 2.19. The van der Waals surface area contributed by atoms with E-state index in [2.05, 4.69) is 15.0 Å². The number of nitrogens with one attached hydrogen (secondary N) is 1. The van der Waals surface area contributed by atoms with Crippen molar-refractivity contribution in [2.24, 2.45) is 5.73 Å². The quantitative estimate of drug-likeness (QED) is 0.535. The zero-order valence-electron chi connectivity index (χ0n) is 11.1. The minimum absolute atomic E-state index is 0.139. The maximum absolute atomic E-state index is 11.5. The number of rotatable bonds is 7. The van der Waals surface area contributed by atoms with Gasteiger partial charge in [0.05, 0.1) is 25.0 Å². The second-order valence-corrected chi connectivity index (χ2v) is 6.08. The van der Waals surface area contributed by atoms with Crippen LogP contribution in [0.3, 0.4) is 0 Å². The molecular weight excluding hydrogens is 302 g/mol. The number of methoxy groups -OCH3 is 1. The van der Waals surface area contributed by atoms with Gasteiger partial charge in [-0.05, 0) is 6.92 Å². The van der Waals surface area contributed by atoms with Crippen LogP contribution in [0, 0.1) is 6.92 Å². The fourth-order valence-corrected chi connectivity index (χ4v) is 3.28. The van der Waals surface area contributed by atoms with Crippen molar-refractivity contribution in [3.05, 3.63) is 10.6 Å². The van der Waals surface area contributed by atoms with Crippen LogP contribution in [0.4, 0.5) is 0 Å². The highest BCUT2D eigenvalue weighted by atomic mass is 32.2. The summed E-state index contributed by atoms with van der Waals surface area (Å²) in [6.07, 6.45) is 0.151. The Morgan fingerprint density at radius 2 is 2.15 bits per heavy atom. The van der Waals surface area contributed by atoms with Gasteiger partial charge in [0.25, 0.3) is 0 Å². The number of carbonyl (C=O) groups excluding carboxylic acids is 3. The van der Waals surface area contributed by atoms with Gasteiger partial charge in [-0.25, -0.2) is 4.98 Å². The second-order valence-electron chi connectivity index (χ2n) is 3.77. The Balaban J connectivity index is 2.43. The van der Waals surface area contributed by atoms with E-state index in [0.29, 0.717) is 4.34 Å². The molecular formula is C11H15N3O4S2. The Morgan fingerprint density at radius 3 is 2.75 bits per heavy atom. The standard InChI is InChI=1S/C11H15N3O4S2/c1-6-7(3-8(12)15)20-11(14-6)19-5-9(16)13-4-10(17)18-2/h3-5H2,1-2H3,(H2,12,15)(H,13,16). The summed E-state index contributed by atoms with van der Waals surface area (Å²) in [5.41, 5.74) is 5.87. The van der Waals surface area contributed by atoms with Crippen LogP contribution in [0.15, 0.2) is 4.34 Å². The molecule has 0 aliphatic carbocycles. The van der Waals surface area contributed by atoms with Crippen LogP contribution in [0.1, 0.15) is 10.6 Å². The first-order valence-electron chi connectivity index (χ1n) is 5.63. The van der Waals surface area contributed by atoms with E-state index in [4.69, 9.17) is 5.73 Å². The number of hydrogen-bond donors (Lipinski definition) is 2. The van der Waals surface area contributed by atoms with Crippen molar-refractivity contribution in [2.45, 2.75) is 17.7 Å². The Morgan fingerprint density at radius 1 is 1.45 bits per heavy atom. The number of nitrogens with zero attached hydrogens (tertiary/aromatic N) is 1. The normalized spacial score (nSPS) is 10.1. The molecule has 0 radical (unpaired) electrons. The first-order valence-corrected chi connectivity index (χ1v) is 7.43. The molecule has 1 aromatic rings. The van der Waals surface area contributed by atoms with Crippen molar-refractivity contribution in [3.8, 4) is 0 Å². The largest absolute Gasteiger partial charge is 0.468 e. The van der Waals surface area contributed by atoms with E-state index in [1.54, 1.807) is 6.92 Å². The maximum Gasteiger partial charge on any atom is 0.325 e. The summed E-state index contributed by atoms with van der Waals surface area (Å²) in [5, 5.41) is 2.43. The summed E-state index contributed by atoms with van der Waals surface area (Å²) in [6, 6.07) is 0. The van der Waals surface area contributed by atoms with Crippen molar-refractivity contribution in [1.29, 1.82) is 0 Å². The van der Waals surface area contributed by atoms with E-state index in [9.17, 15) is 14.4 Å². The molecule has 20 heavy (non-hydrogen) atoms. The number of thioether (sulfide) groups is 1. The topological polar surface area (TPSA) is 111 Å². The molecule has 1 aromatic heterocycles. The average molecular weight is 317 g/mol. The number of thiazole rings is 1. The Labute approximate surface area is 124 Å². The first-order chi connectivity index (χ1) is 9.42. The number of ether oxygens (including phenoxy) is 1. The predicted octanol–water partition coefficient (Wildman–Crippen LogP) is -0.139. The zero-order chi connectivity index (χ0) is 15.1.